The standard InChI is InChI=1S/C21H25IN4O5/c1-13-23-18(16-4-3-14(11-22)9-17(16)24-21(30)31-2)10-19(28)26(13)12-20(29)25-7-5-15(27)6-8-25/h3-4,9-10,15,27H,5-8,11-12H2,1-2H3,(H,24,30). The third-order valence-corrected chi connectivity index (χ3v) is 6.13. The number of aromatic nitrogens is 2. The maximum Gasteiger partial charge on any atom is 0.411 e. The van der Waals surface area contributed by atoms with Crippen molar-refractivity contribution in [2.45, 2.75) is 36.8 Å². The lowest BCUT2D eigenvalue weighted by molar-refractivity contribution is -0.133. The molecule has 2 N–H and O–H groups in total. The minimum absolute atomic E-state index is 0.102. The molecule has 0 radical (unpaired) electrons. The highest BCUT2D eigenvalue weighted by Crippen LogP contribution is 2.28. The van der Waals surface area contributed by atoms with Gasteiger partial charge in [0.25, 0.3) is 5.56 Å². The van der Waals surface area contributed by atoms with Crippen LogP contribution in [-0.4, -0.2) is 57.9 Å². The Morgan fingerprint density at radius 3 is 2.61 bits per heavy atom. The van der Waals surface area contributed by atoms with E-state index in [-0.39, 0.29) is 24.1 Å². The number of halogens is 1. The summed E-state index contributed by atoms with van der Waals surface area (Å²) >= 11 is 2.22. The number of benzene rings is 1. The van der Waals surface area contributed by atoms with E-state index in [4.69, 9.17) is 4.74 Å². The SMILES string of the molecule is COC(=O)Nc1cc(CI)ccc1-c1cc(=O)n(CC(=O)N2CCC(O)CC2)c(C)n1. The van der Waals surface area contributed by atoms with Crippen molar-refractivity contribution in [1.82, 2.24) is 14.5 Å². The number of aliphatic hydroxyl groups excluding tert-OH is 1. The van der Waals surface area contributed by atoms with Gasteiger partial charge in [-0.05, 0) is 31.4 Å². The van der Waals surface area contributed by atoms with Crippen LogP contribution in [0.5, 0.6) is 0 Å². The second-order valence-electron chi connectivity index (χ2n) is 7.36. The molecular weight excluding hydrogens is 515 g/mol. The predicted molar refractivity (Wildman–Crippen MR) is 124 cm³/mol. The normalized spacial score (nSPS) is 14.4. The Bertz CT molecular complexity index is 1030. The molecule has 10 heteroatoms. The number of hydrogen-bond acceptors (Lipinski definition) is 6. The van der Waals surface area contributed by atoms with Crippen LogP contribution in [0.1, 0.15) is 24.2 Å². The number of amides is 2. The van der Waals surface area contributed by atoms with Gasteiger partial charge in [0.15, 0.2) is 0 Å². The Labute approximate surface area is 193 Å². The molecule has 2 aromatic rings. The minimum Gasteiger partial charge on any atom is -0.453 e. The van der Waals surface area contributed by atoms with E-state index in [0.29, 0.717) is 48.7 Å². The van der Waals surface area contributed by atoms with Crippen LogP contribution in [0.15, 0.2) is 29.1 Å². The fraction of sp³-hybridized carbons (Fsp3) is 0.429. The highest BCUT2D eigenvalue weighted by molar-refractivity contribution is 14.1. The summed E-state index contributed by atoms with van der Waals surface area (Å²) in [4.78, 5) is 43.4. The highest BCUT2D eigenvalue weighted by Gasteiger charge is 2.22. The van der Waals surface area contributed by atoms with E-state index in [1.54, 1.807) is 17.9 Å². The Hall–Kier alpha value is -2.47. The van der Waals surface area contributed by atoms with Gasteiger partial charge in [-0.3, -0.25) is 19.5 Å². The number of methoxy groups -OCH3 is 1. The summed E-state index contributed by atoms with van der Waals surface area (Å²) in [6.45, 7) is 2.52. The minimum atomic E-state index is -0.617. The van der Waals surface area contributed by atoms with Crippen LogP contribution < -0.4 is 10.9 Å². The van der Waals surface area contributed by atoms with Crippen molar-refractivity contribution in [2.24, 2.45) is 0 Å². The van der Waals surface area contributed by atoms with E-state index >= 15 is 0 Å². The summed E-state index contributed by atoms with van der Waals surface area (Å²) in [6.07, 6.45) is 0.0926. The highest BCUT2D eigenvalue weighted by atomic mass is 127. The van der Waals surface area contributed by atoms with Gasteiger partial charge in [-0.1, -0.05) is 34.7 Å². The molecule has 0 aliphatic carbocycles. The van der Waals surface area contributed by atoms with Crippen LogP contribution in [0, 0.1) is 6.92 Å². The summed E-state index contributed by atoms with van der Waals surface area (Å²) in [7, 11) is 1.28. The van der Waals surface area contributed by atoms with Crippen LogP contribution in [-0.2, 0) is 20.5 Å². The van der Waals surface area contributed by atoms with Crippen molar-refractivity contribution >= 4 is 40.3 Å². The van der Waals surface area contributed by atoms with E-state index in [2.05, 4.69) is 32.9 Å². The number of aliphatic hydroxyl groups is 1. The molecule has 31 heavy (non-hydrogen) atoms. The number of likely N-dealkylation sites (tertiary alicyclic amines) is 1. The van der Waals surface area contributed by atoms with Crippen molar-refractivity contribution in [3.63, 3.8) is 0 Å². The average Bonchev–Trinajstić information content (AvgIpc) is 2.76. The van der Waals surface area contributed by atoms with Gasteiger partial charge < -0.3 is 14.7 Å². The molecule has 1 saturated heterocycles. The fourth-order valence-electron chi connectivity index (χ4n) is 3.46. The molecule has 0 spiro atoms. The topological polar surface area (TPSA) is 114 Å². The van der Waals surface area contributed by atoms with E-state index in [0.717, 1.165) is 9.99 Å². The van der Waals surface area contributed by atoms with E-state index in [1.165, 1.54) is 17.7 Å². The second-order valence-corrected chi connectivity index (χ2v) is 8.12. The Kier molecular flexibility index (Phi) is 7.65. The second kappa shape index (κ2) is 10.2. The number of carbonyl (C=O) groups is 2. The maximum absolute atomic E-state index is 12.8. The van der Waals surface area contributed by atoms with Crippen LogP contribution in [0.25, 0.3) is 11.3 Å². The first-order valence-corrected chi connectivity index (χ1v) is 11.4. The monoisotopic (exact) mass is 540 g/mol. The predicted octanol–water partition coefficient (Wildman–Crippen LogP) is 2.32. The van der Waals surface area contributed by atoms with Crippen molar-refractivity contribution in [1.29, 1.82) is 0 Å². The number of piperidine rings is 1. The summed E-state index contributed by atoms with van der Waals surface area (Å²) < 4.78 is 6.78. The zero-order valence-electron chi connectivity index (χ0n) is 17.4. The number of rotatable bonds is 5. The van der Waals surface area contributed by atoms with Crippen molar-refractivity contribution in [3.05, 3.63) is 46.0 Å². The number of aryl methyl sites for hydroxylation is 1. The third kappa shape index (κ3) is 5.62. The lowest BCUT2D eigenvalue weighted by Crippen LogP contribution is -2.43. The summed E-state index contributed by atoms with van der Waals surface area (Å²) in [5, 5.41) is 12.3. The van der Waals surface area contributed by atoms with E-state index in [1.807, 2.05) is 12.1 Å². The smallest absolute Gasteiger partial charge is 0.411 e. The first-order valence-electron chi connectivity index (χ1n) is 9.91. The summed E-state index contributed by atoms with van der Waals surface area (Å²) in [5.41, 5.74) is 2.13. The van der Waals surface area contributed by atoms with E-state index < -0.39 is 6.09 Å². The van der Waals surface area contributed by atoms with Gasteiger partial charge in [-0.2, -0.15) is 0 Å². The van der Waals surface area contributed by atoms with Gasteiger partial charge in [0.1, 0.15) is 12.4 Å². The fourth-order valence-corrected chi connectivity index (χ4v) is 3.94. The average molecular weight is 540 g/mol. The molecule has 0 atom stereocenters. The van der Waals surface area contributed by atoms with Gasteiger partial charge in [0.05, 0.1) is 24.6 Å². The number of nitrogens with one attached hydrogen (secondary N) is 1. The number of anilines is 1. The molecule has 0 saturated carbocycles. The molecule has 2 amide bonds. The van der Waals surface area contributed by atoms with Crippen LogP contribution >= 0.6 is 22.6 Å². The van der Waals surface area contributed by atoms with Crippen molar-refractivity contribution in [3.8, 4) is 11.3 Å². The zero-order chi connectivity index (χ0) is 22.5. The van der Waals surface area contributed by atoms with Crippen LogP contribution in [0.2, 0.25) is 0 Å². The number of hydrogen-bond donors (Lipinski definition) is 2. The molecule has 1 aromatic heterocycles. The van der Waals surface area contributed by atoms with Crippen molar-refractivity contribution < 1.29 is 19.4 Å². The van der Waals surface area contributed by atoms with E-state index in [9.17, 15) is 19.5 Å². The number of alkyl halides is 1. The molecule has 1 aromatic carbocycles. The molecule has 1 aliphatic rings. The number of nitrogens with zero attached hydrogens (tertiary/aromatic N) is 3. The molecule has 9 nitrogen and oxygen atoms in total. The largest absolute Gasteiger partial charge is 0.453 e. The Balaban J connectivity index is 1.89. The van der Waals surface area contributed by atoms with Gasteiger partial charge in [0.2, 0.25) is 5.91 Å². The van der Waals surface area contributed by atoms with Crippen molar-refractivity contribution in [2.75, 3.05) is 25.5 Å². The first kappa shape index (κ1) is 23.2. The summed E-state index contributed by atoms with van der Waals surface area (Å²) in [5.74, 6) is 0.223. The lowest BCUT2D eigenvalue weighted by atomic mass is 10.1. The Morgan fingerprint density at radius 1 is 1.29 bits per heavy atom. The number of carbonyl (C=O) groups excluding carboxylic acids is 2. The van der Waals surface area contributed by atoms with Gasteiger partial charge >= 0.3 is 6.09 Å². The van der Waals surface area contributed by atoms with Crippen LogP contribution in [0.4, 0.5) is 10.5 Å². The molecule has 166 valence electrons. The van der Waals surface area contributed by atoms with Gasteiger partial charge in [0, 0.05) is 29.1 Å². The van der Waals surface area contributed by atoms with Crippen LogP contribution in [0.3, 0.4) is 0 Å². The first-order chi connectivity index (χ1) is 14.8. The summed E-state index contributed by atoms with van der Waals surface area (Å²) in [6, 6.07) is 6.88. The third-order valence-electron chi connectivity index (χ3n) is 5.25. The quantitative estimate of drug-likeness (QED) is 0.445. The number of ether oxygens (including phenoxy) is 1. The Morgan fingerprint density at radius 2 is 2.00 bits per heavy atom. The molecule has 3 rings (SSSR count). The molecule has 1 fully saturated rings. The molecule has 0 unspecified atom stereocenters. The van der Waals surface area contributed by atoms with Gasteiger partial charge in [-0.25, -0.2) is 9.78 Å². The molecule has 1 aliphatic heterocycles. The van der Waals surface area contributed by atoms with Gasteiger partial charge in [-0.15, -0.1) is 0 Å². The molecular formula is C21H25IN4O5. The lowest BCUT2D eigenvalue weighted by Gasteiger charge is -2.30. The molecule has 2 heterocycles. The zero-order valence-corrected chi connectivity index (χ0v) is 19.6. The maximum atomic E-state index is 12.8. The molecule has 0 bridgehead atoms.